The molecule has 2 N–H and O–H groups in total. The summed E-state index contributed by atoms with van der Waals surface area (Å²) in [5.41, 5.74) is -1.65. The Morgan fingerprint density at radius 2 is 1.91 bits per heavy atom. The fraction of sp³-hybridized carbons (Fsp3) is 0.467. The molecule has 2 rings (SSSR count). The maximum absolute atomic E-state index is 12.9. The summed E-state index contributed by atoms with van der Waals surface area (Å²) in [5, 5.41) is 18.9. The second-order valence-corrected chi connectivity index (χ2v) is 6.82. The number of fused-ring (bicyclic) bond motifs is 1. The van der Waals surface area contributed by atoms with Crippen LogP contribution in [0.1, 0.15) is 48.3 Å². The molecule has 2 heterocycles. The third-order valence-corrected chi connectivity index (χ3v) is 4.96. The molecule has 0 atom stereocenters. The van der Waals surface area contributed by atoms with Crippen LogP contribution in [0.25, 0.3) is 10.2 Å². The van der Waals surface area contributed by atoms with Gasteiger partial charge < -0.3 is 10.2 Å². The van der Waals surface area contributed by atoms with Gasteiger partial charge in [-0.3, -0.25) is 9.36 Å². The minimum Gasteiger partial charge on any atom is -0.480 e. The van der Waals surface area contributed by atoms with Gasteiger partial charge in [0.15, 0.2) is 0 Å². The van der Waals surface area contributed by atoms with Crippen molar-refractivity contribution in [2.24, 2.45) is 0 Å². The summed E-state index contributed by atoms with van der Waals surface area (Å²) >= 11 is 0.943. The maximum atomic E-state index is 12.9. The number of carbonyl (C=O) groups is 2. The van der Waals surface area contributed by atoms with Crippen LogP contribution >= 0.6 is 11.3 Å². The molecule has 0 amide bonds. The highest BCUT2D eigenvalue weighted by atomic mass is 32.1. The zero-order valence-corrected chi connectivity index (χ0v) is 14.2. The molecule has 0 bridgehead atoms. The predicted molar refractivity (Wildman–Crippen MR) is 86.5 cm³/mol. The number of thiophene rings is 1. The zero-order chi connectivity index (χ0) is 17.5. The molecule has 0 unspecified atom stereocenters. The Kier molecular flexibility index (Phi) is 4.30. The number of carboxylic acids is 2. The highest BCUT2D eigenvalue weighted by Gasteiger charge is 2.34. The van der Waals surface area contributed by atoms with Gasteiger partial charge in [-0.05, 0) is 32.8 Å². The molecule has 0 fully saturated rings. The molecule has 0 saturated heterocycles. The van der Waals surface area contributed by atoms with Crippen LogP contribution in [0.15, 0.2) is 4.79 Å². The molecule has 0 aliphatic rings. The van der Waals surface area contributed by atoms with Crippen LogP contribution in [0.4, 0.5) is 0 Å². The van der Waals surface area contributed by atoms with Gasteiger partial charge in [0.05, 0.1) is 5.39 Å². The van der Waals surface area contributed by atoms with Crippen molar-refractivity contribution in [3.8, 4) is 0 Å². The van der Waals surface area contributed by atoms with E-state index in [9.17, 15) is 24.6 Å². The number of rotatable bonds is 5. The van der Waals surface area contributed by atoms with Crippen LogP contribution in [-0.4, -0.2) is 31.7 Å². The molecular weight excluding hydrogens is 320 g/mol. The van der Waals surface area contributed by atoms with Crippen molar-refractivity contribution < 1.29 is 19.8 Å². The Morgan fingerprint density at radius 1 is 1.30 bits per heavy atom. The van der Waals surface area contributed by atoms with E-state index < -0.39 is 23.0 Å². The van der Waals surface area contributed by atoms with Gasteiger partial charge in [0.1, 0.15) is 21.1 Å². The summed E-state index contributed by atoms with van der Waals surface area (Å²) in [4.78, 5) is 40.6. The van der Waals surface area contributed by atoms with Crippen LogP contribution in [0, 0.1) is 6.92 Å². The van der Waals surface area contributed by atoms with Crippen LogP contribution in [0.3, 0.4) is 0 Å². The highest BCUT2D eigenvalue weighted by Crippen LogP contribution is 2.29. The fourth-order valence-electron chi connectivity index (χ4n) is 2.49. The first kappa shape index (κ1) is 17.1. The second kappa shape index (κ2) is 5.77. The van der Waals surface area contributed by atoms with Gasteiger partial charge in [-0.2, -0.15) is 0 Å². The Labute approximate surface area is 136 Å². The zero-order valence-electron chi connectivity index (χ0n) is 13.3. The molecule has 2 aromatic heterocycles. The fourth-order valence-corrected chi connectivity index (χ4v) is 3.52. The summed E-state index contributed by atoms with van der Waals surface area (Å²) in [7, 11) is 0. The first-order chi connectivity index (χ1) is 10.6. The Bertz CT molecular complexity index is 863. The van der Waals surface area contributed by atoms with Gasteiger partial charge in [-0.1, -0.05) is 6.92 Å². The Hall–Kier alpha value is -2.22. The topological polar surface area (TPSA) is 109 Å². The molecule has 23 heavy (non-hydrogen) atoms. The van der Waals surface area contributed by atoms with E-state index in [1.807, 2.05) is 6.92 Å². The monoisotopic (exact) mass is 338 g/mol. The lowest BCUT2D eigenvalue weighted by Crippen LogP contribution is -2.45. The van der Waals surface area contributed by atoms with Crippen molar-refractivity contribution in [2.75, 3.05) is 0 Å². The van der Waals surface area contributed by atoms with E-state index in [2.05, 4.69) is 4.98 Å². The van der Waals surface area contributed by atoms with Crippen molar-refractivity contribution in [1.82, 2.24) is 9.55 Å². The van der Waals surface area contributed by atoms with E-state index in [-0.39, 0.29) is 10.3 Å². The number of aromatic carboxylic acids is 1. The molecule has 2 aromatic rings. The maximum Gasteiger partial charge on any atom is 0.346 e. The van der Waals surface area contributed by atoms with Crippen molar-refractivity contribution in [3.05, 3.63) is 26.6 Å². The van der Waals surface area contributed by atoms with Crippen molar-refractivity contribution >= 4 is 33.5 Å². The lowest BCUT2D eigenvalue weighted by atomic mass is 10.0. The highest BCUT2D eigenvalue weighted by molar-refractivity contribution is 7.20. The van der Waals surface area contributed by atoms with Gasteiger partial charge >= 0.3 is 11.9 Å². The first-order valence-corrected chi connectivity index (χ1v) is 7.96. The van der Waals surface area contributed by atoms with Gasteiger partial charge in [0, 0.05) is 6.42 Å². The van der Waals surface area contributed by atoms with Gasteiger partial charge in [-0.25, -0.2) is 14.6 Å². The number of hydrogen-bond acceptors (Lipinski definition) is 5. The molecule has 124 valence electrons. The summed E-state index contributed by atoms with van der Waals surface area (Å²) < 4.78 is 1.17. The van der Waals surface area contributed by atoms with Crippen molar-refractivity contribution in [2.45, 2.75) is 46.1 Å². The van der Waals surface area contributed by atoms with E-state index in [4.69, 9.17) is 0 Å². The molecule has 0 aliphatic heterocycles. The lowest BCUT2D eigenvalue weighted by Gasteiger charge is -2.25. The summed E-state index contributed by atoms with van der Waals surface area (Å²) in [6.45, 7) is 6.31. The number of nitrogens with zero attached hydrogens (tertiary/aromatic N) is 2. The predicted octanol–water partition coefficient (Wildman–Crippen LogP) is 2.24. The minimum absolute atomic E-state index is 0.0536. The van der Waals surface area contributed by atoms with E-state index in [1.54, 1.807) is 6.92 Å². The SMILES string of the molecule is CCCc1nc2sc(C(=O)O)c(C)c2c(=O)n1C(C)(C)C(=O)O. The standard InChI is InChI=1S/C15H18N2O5S/c1-5-6-8-16-11-9(7(2)10(23-11)13(19)20)12(18)17(8)15(3,4)14(21)22/h5-6H2,1-4H3,(H,19,20)(H,21,22). The first-order valence-electron chi connectivity index (χ1n) is 7.15. The Morgan fingerprint density at radius 3 is 2.39 bits per heavy atom. The molecule has 0 saturated carbocycles. The molecule has 0 spiro atoms. The molecule has 0 aliphatic carbocycles. The lowest BCUT2D eigenvalue weighted by molar-refractivity contribution is -0.146. The molecular formula is C15H18N2O5S. The number of aryl methyl sites for hydroxylation is 2. The van der Waals surface area contributed by atoms with Gasteiger partial charge in [0.25, 0.3) is 5.56 Å². The number of carboxylic acid groups (broad SMARTS) is 2. The summed E-state index contributed by atoms with van der Waals surface area (Å²) in [6, 6.07) is 0. The smallest absolute Gasteiger partial charge is 0.346 e. The molecule has 0 radical (unpaired) electrons. The normalized spacial score (nSPS) is 11.8. The summed E-state index contributed by atoms with van der Waals surface area (Å²) in [5.74, 6) is -1.91. The molecule has 8 heteroatoms. The van der Waals surface area contributed by atoms with Crippen LogP contribution in [0.5, 0.6) is 0 Å². The minimum atomic E-state index is -1.47. The van der Waals surface area contributed by atoms with Gasteiger partial charge in [-0.15, -0.1) is 11.3 Å². The van der Waals surface area contributed by atoms with E-state index in [1.165, 1.54) is 18.4 Å². The van der Waals surface area contributed by atoms with Crippen LogP contribution < -0.4 is 5.56 Å². The summed E-state index contributed by atoms with van der Waals surface area (Å²) in [6.07, 6.45) is 1.12. The van der Waals surface area contributed by atoms with E-state index >= 15 is 0 Å². The number of aromatic nitrogens is 2. The Balaban J connectivity index is 2.95. The second-order valence-electron chi connectivity index (χ2n) is 5.82. The average Bonchev–Trinajstić information content (AvgIpc) is 2.76. The average molecular weight is 338 g/mol. The molecule has 0 aromatic carbocycles. The van der Waals surface area contributed by atoms with Crippen molar-refractivity contribution in [3.63, 3.8) is 0 Å². The van der Waals surface area contributed by atoms with Gasteiger partial charge in [0.2, 0.25) is 0 Å². The third-order valence-electron chi connectivity index (χ3n) is 3.78. The van der Waals surface area contributed by atoms with E-state index in [0.29, 0.717) is 29.1 Å². The third kappa shape index (κ3) is 2.63. The van der Waals surface area contributed by atoms with Crippen LogP contribution in [0.2, 0.25) is 0 Å². The largest absolute Gasteiger partial charge is 0.480 e. The number of hydrogen-bond donors (Lipinski definition) is 2. The quantitative estimate of drug-likeness (QED) is 0.865. The van der Waals surface area contributed by atoms with Crippen LogP contribution in [-0.2, 0) is 16.8 Å². The van der Waals surface area contributed by atoms with Crippen molar-refractivity contribution in [1.29, 1.82) is 0 Å². The molecule has 7 nitrogen and oxygen atoms in total. The number of aliphatic carboxylic acids is 1. The van der Waals surface area contributed by atoms with E-state index in [0.717, 1.165) is 11.3 Å².